The summed E-state index contributed by atoms with van der Waals surface area (Å²) in [6.07, 6.45) is 7.67. The van der Waals surface area contributed by atoms with Gasteiger partial charge in [0.05, 0.1) is 0 Å². The molecule has 0 atom stereocenters. The first-order chi connectivity index (χ1) is 7.50. The molecule has 0 aromatic heterocycles. The van der Waals surface area contributed by atoms with E-state index in [2.05, 4.69) is 0 Å². The molecular weight excluding hydrogens is 558 g/mol. The molecule has 0 radical (unpaired) electrons. The van der Waals surface area contributed by atoms with Crippen LogP contribution in [-0.4, -0.2) is 45.1 Å². The van der Waals surface area contributed by atoms with Gasteiger partial charge in [0.1, 0.15) is 0 Å². The molecule has 0 unspecified atom stereocenters. The van der Waals surface area contributed by atoms with Crippen LogP contribution in [0.25, 0.3) is 0 Å². The van der Waals surface area contributed by atoms with Gasteiger partial charge in [-0.1, -0.05) is 0 Å². The molecule has 0 spiro atoms. The fourth-order valence-electron chi connectivity index (χ4n) is 1.53. The van der Waals surface area contributed by atoms with Gasteiger partial charge in [0.15, 0.2) is 0 Å². The summed E-state index contributed by atoms with van der Waals surface area (Å²) in [5.74, 6) is 0. The molecular formula is C12H30Cl4Cr4O4. The maximum Gasteiger partial charge on any atom is 0.0466 e. The van der Waals surface area contributed by atoms with Crippen molar-refractivity contribution in [2.75, 3.05) is 39.6 Å². The summed E-state index contributed by atoms with van der Waals surface area (Å²) in [6, 6.07) is 0. The Morgan fingerprint density at radius 1 is 0.333 bits per heavy atom. The summed E-state index contributed by atoms with van der Waals surface area (Å²) in [5, 5.41) is 0. The normalized spacial score (nSPS) is 15.0. The largest absolute Gasteiger partial charge is 0.412 e. The van der Waals surface area contributed by atoms with E-state index < -0.39 is 0 Å². The summed E-state index contributed by atoms with van der Waals surface area (Å²) < 4.78 is 14.8. The van der Waals surface area contributed by atoms with Gasteiger partial charge >= 0.3 is 0 Å². The number of hydrogen-bond acceptors (Lipinski definition) is 3. The van der Waals surface area contributed by atoms with E-state index in [-0.39, 0.29) is 125 Å². The summed E-state index contributed by atoms with van der Waals surface area (Å²) in [6.45, 7) is 6.00. The van der Waals surface area contributed by atoms with Crippen LogP contribution >= 0.6 is 49.6 Å². The fourth-order valence-corrected chi connectivity index (χ4v) is 1.53. The van der Waals surface area contributed by atoms with E-state index in [1.807, 2.05) is 0 Å². The second-order valence-corrected chi connectivity index (χ2v) is 3.96. The van der Waals surface area contributed by atoms with Gasteiger partial charge in [-0.2, -0.15) is 0 Å². The molecule has 0 aromatic carbocycles. The van der Waals surface area contributed by atoms with Crippen LogP contribution in [0.15, 0.2) is 0 Å². The molecule has 0 aromatic rings. The molecule has 2 N–H and O–H groups in total. The predicted octanol–water partition coefficient (Wildman–Crippen LogP) is 3.24. The van der Waals surface area contributed by atoms with Crippen LogP contribution in [0.4, 0.5) is 0 Å². The molecule has 0 amide bonds. The van der Waals surface area contributed by atoms with E-state index in [0.29, 0.717) is 0 Å². The van der Waals surface area contributed by atoms with Gasteiger partial charge in [0, 0.05) is 109 Å². The van der Waals surface area contributed by atoms with Crippen LogP contribution in [0.2, 0.25) is 0 Å². The summed E-state index contributed by atoms with van der Waals surface area (Å²) in [7, 11) is 0. The summed E-state index contributed by atoms with van der Waals surface area (Å²) in [4.78, 5) is 0. The van der Waals surface area contributed by atoms with Crippen molar-refractivity contribution in [2.45, 2.75) is 38.5 Å². The van der Waals surface area contributed by atoms with E-state index in [1.165, 1.54) is 38.5 Å². The molecule has 0 saturated carbocycles. The zero-order chi connectivity index (χ0) is 10.6. The Hall–Kier alpha value is 3.13. The van der Waals surface area contributed by atoms with Crippen molar-refractivity contribution in [2.24, 2.45) is 0 Å². The summed E-state index contributed by atoms with van der Waals surface area (Å²) >= 11 is 0. The van der Waals surface area contributed by atoms with Crippen molar-refractivity contribution in [1.29, 1.82) is 0 Å². The van der Waals surface area contributed by atoms with Crippen LogP contribution in [0, 0.1) is 0 Å². The molecule has 0 bridgehead atoms. The molecule has 3 aliphatic rings. The average Bonchev–Trinajstić information content (AvgIpc) is 3.09. The Balaban J connectivity index is -0.0000000169. The third-order valence-electron chi connectivity index (χ3n) is 2.48. The molecule has 0 aliphatic carbocycles. The molecule has 3 aliphatic heterocycles. The second kappa shape index (κ2) is 50.2. The Morgan fingerprint density at radius 2 is 0.458 bits per heavy atom. The van der Waals surface area contributed by atoms with Gasteiger partial charge in [-0.05, 0) is 38.5 Å². The van der Waals surface area contributed by atoms with Gasteiger partial charge in [-0.3, -0.25) is 0 Å². The van der Waals surface area contributed by atoms with Crippen molar-refractivity contribution in [3.05, 3.63) is 0 Å². The van der Waals surface area contributed by atoms with E-state index in [4.69, 9.17) is 14.2 Å². The van der Waals surface area contributed by atoms with Crippen molar-refractivity contribution in [3.8, 4) is 0 Å². The zero-order valence-electron chi connectivity index (χ0n) is 13.5. The average molecular weight is 588 g/mol. The molecule has 24 heavy (non-hydrogen) atoms. The minimum atomic E-state index is 0. The van der Waals surface area contributed by atoms with Gasteiger partial charge in [-0.25, -0.2) is 0 Å². The predicted molar refractivity (Wildman–Crippen MR) is 92.8 cm³/mol. The quantitative estimate of drug-likeness (QED) is 0.437. The maximum atomic E-state index is 4.94. The molecule has 3 saturated heterocycles. The molecule has 3 heterocycles. The Morgan fingerprint density at radius 3 is 0.500 bits per heavy atom. The van der Waals surface area contributed by atoms with Gasteiger partial charge in [0.2, 0.25) is 0 Å². The van der Waals surface area contributed by atoms with E-state index >= 15 is 0 Å². The van der Waals surface area contributed by atoms with Crippen molar-refractivity contribution in [3.63, 3.8) is 0 Å². The number of ether oxygens (including phenoxy) is 3. The van der Waals surface area contributed by atoms with Crippen LogP contribution in [0.5, 0.6) is 0 Å². The first-order valence-corrected chi connectivity index (χ1v) is 6.23. The molecule has 154 valence electrons. The smallest absolute Gasteiger partial charge is 0.0466 e. The minimum absolute atomic E-state index is 0. The van der Waals surface area contributed by atoms with Crippen LogP contribution in [0.1, 0.15) is 38.5 Å². The fraction of sp³-hybridized carbons (Fsp3) is 1.00. The first-order valence-electron chi connectivity index (χ1n) is 6.23. The molecule has 4 nitrogen and oxygen atoms in total. The van der Waals surface area contributed by atoms with Crippen molar-refractivity contribution >= 4 is 49.6 Å². The minimum Gasteiger partial charge on any atom is -0.412 e. The van der Waals surface area contributed by atoms with Crippen molar-refractivity contribution in [1.82, 2.24) is 0 Å². The van der Waals surface area contributed by atoms with Crippen LogP contribution < -0.4 is 0 Å². The van der Waals surface area contributed by atoms with Gasteiger partial charge < -0.3 is 19.7 Å². The summed E-state index contributed by atoms with van der Waals surface area (Å²) in [5.41, 5.74) is 0. The Kier molecular flexibility index (Phi) is 118. The van der Waals surface area contributed by atoms with E-state index in [1.54, 1.807) is 0 Å². The monoisotopic (exact) mass is 586 g/mol. The third-order valence-corrected chi connectivity index (χ3v) is 2.48. The topological polar surface area (TPSA) is 59.2 Å². The van der Waals surface area contributed by atoms with Crippen LogP contribution in [-0.2, 0) is 83.7 Å². The molecule has 3 fully saturated rings. The van der Waals surface area contributed by atoms with Gasteiger partial charge in [-0.15, -0.1) is 49.6 Å². The van der Waals surface area contributed by atoms with Crippen molar-refractivity contribution < 1.29 is 89.1 Å². The molecule has 3 rings (SSSR count). The zero-order valence-corrected chi connectivity index (χ0v) is 21.8. The maximum absolute atomic E-state index is 4.94. The second-order valence-electron chi connectivity index (χ2n) is 3.96. The SMILES string of the molecule is C1CCOC1.C1CCOC1.C1CCOC1.Cl.Cl.Cl.Cl.O.[Cr].[Cr].[Cr].[Cr]. The third kappa shape index (κ3) is 44.5. The first kappa shape index (κ1) is 56.4. The molecule has 12 heteroatoms. The van der Waals surface area contributed by atoms with Crippen LogP contribution in [0.3, 0.4) is 0 Å². The number of hydrogen-bond donors (Lipinski definition) is 0. The number of rotatable bonds is 0. The standard InChI is InChI=1S/3C4H8O.4ClH.4Cr.H2O/c3*1-2-4-5-3-1;;;;;;;;;/h3*1-4H2;4*1H;;;;;1H2. The number of halogens is 4. The van der Waals surface area contributed by atoms with Gasteiger partial charge in [0.25, 0.3) is 0 Å². The Bertz CT molecular complexity index is 102. The van der Waals surface area contributed by atoms with E-state index in [9.17, 15) is 0 Å². The Labute approximate surface area is 215 Å². The van der Waals surface area contributed by atoms with E-state index in [0.717, 1.165) is 39.6 Å².